The summed E-state index contributed by atoms with van der Waals surface area (Å²) >= 11 is 3.33. The highest BCUT2D eigenvalue weighted by Gasteiger charge is 2.30. The molecule has 0 saturated carbocycles. The van der Waals surface area contributed by atoms with Gasteiger partial charge in [0.1, 0.15) is 0 Å². The monoisotopic (exact) mass is 415 g/mol. The van der Waals surface area contributed by atoms with Crippen molar-refractivity contribution in [3.8, 4) is 0 Å². The lowest BCUT2D eigenvalue weighted by Crippen LogP contribution is -2.41. The second kappa shape index (κ2) is 9.13. The van der Waals surface area contributed by atoms with Crippen molar-refractivity contribution < 1.29 is 13.2 Å². The zero-order valence-corrected chi connectivity index (χ0v) is 16.6. The van der Waals surface area contributed by atoms with E-state index < -0.39 is 10.0 Å². The zero-order valence-electron chi connectivity index (χ0n) is 14.2. The first kappa shape index (κ1) is 19.6. The Bertz CT molecular complexity index is 622. The molecule has 134 valence electrons. The molecule has 4 nitrogen and oxygen atoms in total. The number of benzene rings is 1. The number of sulfonamides is 1. The van der Waals surface area contributed by atoms with Crippen LogP contribution in [0.25, 0.3) is 0 Å². The van der Waals surface area contributed by atoms with Crippen LogP contribution < -0.4 is 0 Å². The molecule has 1 aliphatic heterocycles. The van der Waals surface area contributed by atoms with Gasteiger partial charge in [-0.05, 0) is 49.9 Å². The van der Waals surface area contributed by atoms with Gasteiger partial charge in [0.25, 0.3) is 0 Å². The van der Waals surface area contributed by atoms with Gasteiger partial charge in [0.05, 0.1) is 17.1 Å². The Kier molecular flexibility index (Phi) is 7.47. The summed E-state index contributed by atoms with van der Waals surface area (Å²) in [5.41, 5.74) is 0. The Morgan fingerprint density at radius 2 is 1.96 bits per heavy atom. The summed E-state index contributed by atoms with van der Waals surface area (Å²) in [7, 11) is -3.41. The molecule has 1 heterocycles. The molecule has 2 rings (SSSR count). The summed E-state index contributed by atoms with van der Waals surface area (Å²) in [6.07, 6.45) is 6.67. The molecule has 1 unspecified atom stereocenters. The molecule has 0 aromatic heterocycles. The van der Waals surface area contributed by atoms with E-state index in [1.807, 2.05) is 6.08 Å². The molecule has 0 spiro atoms. The van der Waals surface area contributed by atoms with Gasteiger partial charge in [-0.2, -0.15) is 4.31 Å². The molecule has 1 fully saturated rings. The summed E-state index contributed by atoms with van der Waals surface area (Å²) in [6.45, 7) is 6.95. The van der Waals surface area contributed by atoms with Crippen LogP contribution in [0.5, 0.6) is 0 Å². The summed E-state index contributed by atoms with van der Waals surface area (Å²) in [4.78, 5) is 0.348. The lowest BCUT2D eigenvalue weighted by atomic mass is 10.1. The molecular weight excluding hydrogens is 390 g/mol. The molecule has 1 saturated heterocycles. The van der Waals surface area contributed by atoms with Crippen molar-refractivity contribution in [2.45, 2.75) is 56.1 Å². The third-order valence-electron chi connectivity index (χ3n) is 4.28. The third-order valence-corrected chi connectivity index (χ3v) is 6.72. The third kappa shape index (κ3) is 5.15. The van der Waals surface area contributed by atoms with Crippen LogP contribution in [0.2, 0.25) is 0 Å². The normalized spacial score (nSPS) is 18.4. The van der Waals surface area contributed by atoms with Gasteiger partial charge in [-0.1, -0.05) is 35.4 Å². The Balaban J connectivity index is 1.94. The predicted molar refractivity (Wildman–Crippen MR) is 101 cm³/mol. The van der Waals surface area contributed by atoms with Gasteiger partial charge < -0.3 is 4.74 Å². The maximum atomic E-state index is 12.7. The lowest BCUT2D eigenvalue weighted by Gasteiger charge is -2.33. The van der Waals surface area contributed by atoms with Gasteiger partial charge in [0.2, 0.25) is 10.0 Å². The first-order valence-electron chi connectivity index (χ1n) is 8.49. The van der Waals surface area contributed by atoms with Crippen LogP contribution in [0.4, 0.5) is 0 Å². The smallest absolute Gasteiger partial charge is 0.243 e. The molecule has 0 radical (unpaired) electrons. The standard InChI is InChI=1S/C18H26BrNO3S/c1-3-5-16(6-4-2)23-17-11-13-20(14-12-17)24(21,22)18-9-7-15(19)8-10-18/h3,7-10,16-17H,1,4-6,11-14H2,2H3. The van der Waals surface area contributed by atoms with Crippen molar-refractivity contribution >= 4 is 26.0 Å². The van der Waals surface area contributed by atoms with E-state index in [2.05, 4.69) is 29.4 Å². The molecule has 1 aliphatic rings. The number of ether oxygens (including phenoxy) is 1. The van der Waals surface area contributed by atoms with Crippen molar-refractivity contribution in [2.75, 3.05) is 13.1 Å². The molecular formula is C18H26BrNO3S. The van der Waals surface area contributed by atoms with Gasteiger partial charge in [-0.15, -0.1) is 6.58 Å². The van der Waals surface area contributed by atoms with Crippen LogP contribution in [0.3, 0.4) is 0 Å². The zero-order chi connectivity index (χ0) is 17.6. The van der Waals surface area contributed by atoms with E-state index in [9.17, 15) is 8.42 Å². The fourth-order valence-electron chi connectivity index (χ4n) is 2.99. The van der Waals surface area contributed by atoms with E-state index in [4.69, 9.17) is 4.74 Å². The van der Waals surface area contributed by atoms with Crippen molar-refractivity contribution in [3.63, 3.8) is 0 Å². The number of hydrogen-bond donors (Lipinski definition) is 0. The van der Waals surface area contributed by atoms with Crippen LogP contribution in [-0.2, 0) is 14.8 Å². The second-order valence-electron chi connectivity index (χ2n) is 6.13. The minimum atomic E-state index is -3.41. The van der Waals surface area contributed by atoms with Gasteiger partial charge in [-0.3, -0.25) is 0 Å². The van der Waals surface area contributed by atoms with Crippen molar-refractivity contribution in [1.82, 2.24) is 4.31 Å². The Hall–Kier alpha value is -0.690. The Morgan fingerprint density at radius 1 is 1.33 bits per heavy atom. The molecule has 0 amide bonds. The van der Waals surface area contributed by atoms with Crippen LogP contribution in [0, 0.1) is 0 Å². The molecule has 1 aromatic carbocycles. The highest BCUT2D eigenvalue weighted by molar-refractivity contribution is 9.10. The Morgan fingerprint density at radius 3 is 2.50 bits per heavy atom. The SMILES string of the molecule is C=CCC(CCC)OC1CCN(S(=O)(=O)c2ccc(Br)cc2)CC1. The van der Waals surface area contributed by atoms with Crippen molar-refractivity contribution in [1.29, 1.82) is 0 Å². The average molecular weight is 416 g/mol. The minimum Gasteiger partial charge on any atom is -0.375 e. The second-order valence-corrected chi connectivity index (χ2v) is 8.98. The number of rotatable bonds is 8. The Labute approximate surface area is 154 Å². The molecule has 6 heteroatoms. The average Bonchev–Trinajstić information content (AvgIpc) is 2.56. The van der Waals surface area contributed by atoms with E-state index >= 15 is 0 Å². The number of piperidine rings is 1. The summed E-state index contributed by atoms with van der Waals surface area (Å²) < 4.78 is 34.0. The highest BCUT2D eigenvalue weighted by atomic mass is 79.9. The first-order chi connectivity index (χ1) is 11.5. The predicted octanol–water partition coefficient (Wildman–Crippen LogP) is 4.36. The van der Waals surface area contributed by atoms with E-state index in [1.165, 1.54) is 0 Å². The summed E-state index contributed by atoms with van der Waals surface area (Å²) in [5.74, 6) is 0. The maximum Gasteiger partial charge on any atom is 0.243 e. The molecule has 1 aromatic rings. The highest BCUT2D eigenvalue weighted by Crippen LogP contribution is 2.25. The molecule has 24 heavy (non-hydrogen) atoms. The fourth-order valence-corrected chi connectivity index (χ4v) is 4.72. The maximum absolute atomic E-state index is 12.7. The molecule has 0 bridgehead atoms. The molecule has 0 N–H and O–H groups in total. The van der Waals surface area contributed by atoms with Gasteiger partial charge in [-0.25, -0.2) is 8.42 Å². The van der Waals surface area contributed by atoms with Crippen molar-refractivity contribution in [2.24, 2.45) is 0 Å². The van der Waals surface area contributed by atoms with Crippen LogP contribution in [-0.4, -0.2) is 38.0 Å². The van der Waals surface area contributed by atoms with Crippen LogP contribution in [0.1, 0.15) is 39.0 Å². The van der Waals surface area contributed by atoms with E-state index in [0.29, 0.717) is 18.0 Å². The largest absolute Gasteiger partial charge is 0.375 e. The summed E-state index contributed by atoms with van der Waals surface area (Å²) in [6, 6.07) is 6.80. The number of nitrogens with zero attached hydrogens (tertiary/aromatic N) is 1. The number of halogens is 1. The number of hydrogen-bond acceptors (Lipinski definition) is 3. The van der Waals surface area contributed by atoms with Crippen LogP contribution in [0.15, 0.2) is 46.3 Å². The molecule has 0 aliphatic carbocycles. The van der Waals surface area contributed by atoms with Crippen LogP contribution >= 0.6 is 15.9 Å². The fraction of sp³-hybridized carbons (Fsp3) is 0.556. The quantitative estimate of drug-likeness (QED) is 0.592. The minimum absolute atomic E-state index is 0.137. The van der Waals surface area contributed by atoms with Gasteiger partial charge in [0.15, 0.2) is 0 Å². The first-order valence-corrected chi connectivity index (χ1v) is 10.7. The van der Waals surface area contributed by atoms with E-state index in [-0.39, 0.29) is 12.2 Å². The summed E-state index contributed by atoms with van der Waals surface area (Å²) in [5, 5.41) is 0. The van der Waals surface area contributed by atoms with E-state index in [1.54, 1.807) is 28.6 Å². The topological polar surface area (TPSA) is 46.6 Å². The van der Waals surface area contributed by atoms with Gasteiger partial charge in [0, 0.05) is 17.6 Å². The molecule has 1 atom stereocenters. The lowest BCUT2D eigenvalue weighted by molar-refractivity contribution is -0.0360. The van der Waals surface area contributed by atoms with Gasteiger partial charge >= 0.3 is 0 Å². The van der Waals surface area contributed by atoms with E-state index in [0.717, 1.165) is 36.6 Å². The van der Waals surface area contributed by atoms with Crippen molar-refractivity contribution in [3.05, 3.63) is 41.4 Å².